The molecule has 0 spiro atoms. The number of rotatable bonds is 6. The quantitative estimate of drug-likeness (QED) is 0.574. The zero-order valence-electron chi connectivity index (χ0n) is 10.6. The van der Waals surface area contributed by atoms with Gasteiger partial charge in [-0.05, 0) is 19.2 Å². The van der Waals surface area contributed by atoms with Crippen LogP contribution in [-0.4, -0.2) is 41.6 Å². The van der Waals surface area contributed by atoms with Gasteiger partial charge in [0.05, 0.1) is 12.0 Å². The zero-order chi connectivity index (χ0) is 14.5. The Hall–Kier alpha value is -1.51. The van der Waals surface area contributed by atoms with Crippen molar-refractivity contribution in [3.05, 3.63) is 29.6 Å². The number of carbonyl (C=O) groups is 1. The first-order valence-electron chi connectivity index (χ1n) is 5.45. The lowest BCUT2D eigenvalue weighted by Crippen LogP contribution is -2.31. The summed E-state index contributed by atoms with van der Waals surface area (Å²) in [6.45, 7) is 0.526. The van der Waals surface area contributed by atoms with E-state index >= 15 is 0 Å². The summed E-state index contributed by atoms with van der Waals surface area (Å²) in [6, 6.07) is 3.37. The second-order valence-electron chi connectivity index (χ2n) is 3.61. The molecule has 2 N–H and O–H groups in total. The second-order valence-corrected chi connectivity index (χ2v) is 5.34. The monoisotopic (exact) mass is 290 g/mol. The van der Waals surface area contributed by atoms with E-state index in [4.69, 9.17) is 0 Å². The van der Waals surface area contributed by atoms with Crippen LogP contribution in [0.1, 0.15) is 10.4 Å². The number of likely N-dealkylation sites (N-methyl/N-ethyl adjacent to an activating group) is 1. The van der Waals surface area contributed by atoms with E-state index < -0.39 is 32.3 Å². The SMILES string of the molecule is CNCCNS(=O)(=O)c1cccc(F)c1C(=O)OC. The first-order chi connectivity index (χ1) is 8.94. The molecule has 0 amide bonds. The number of carbonyl (C=O) groups excluding carboxylic acids is 1. The van der Waals surface area contributed by atoms with Crippen molar-refractivity contribution in [3.63, 3.8) is 0 Å². The molecule has 1 aromatic carbocycles. The highest BCUT2D eigenvalue weighted by Crippen LogP contribution is 2.19. The van der Waals surface area contributed by atoms with Crippen LogP contribution in [0.2, 0.25) is 0 Å². The Bertz CT molecular complexity index is 560. The second kappa shape index (κ2) is 6.60. The van der Waals surface area contributed by atoms with E-state index in [0.29, 0.717) is 6.54 Å². The molecule has 1 rings (SSSR count). The fourth-order valence-electron chi connectivity index (χ4n) is 1.42. The van der Waals surface area contributed by atoms with Gasteiger partial charge in [-0.3, -0.25) is 0 Å². The van der Waals surface area contributed by atoms with Crippen molar-refractivity contribution in [3.8, 4) is 0 Å². The largest absolute Gasteiger partial charge is 0.465 e. The van der Waals surface area contributed by atoms with Crippen molar-refractivity contribution in [2.24, 2.45) is 0 Å². The molecule has 0 atom stereocenters. The van der Waals surface area contributed by atoms with Crippen LogP contribution in [-0.2, 0) is 14.8 Å². The Labute approximate surface area is 111 Å². The number of halogens is 1. The maximum absolute atomic E-state index is 13.6. The van der Waals surface area contributed by atoms with Gasteiger partial charge >= 0.3 is 5.97 Å². The molecule has 1 aromatic rings. The van der Waals surface area contributed by atoms with Gasteiger partial charge < -0.3 is 10.1 Å². The highest BCUT2D eigenvalue weighted by Gasteiger charge is 2.25. The molecule has 0 aliphatic heterocycles. The highest BCUT2D eigenvalue weighted by molar-refractivity contribution is 7.89. The summed E-state index contributed by atoms with van der Waals surface area (Å²) in [7, 11) is -1.25. The minimum atomic E-state index is -3.97. The number of methoxy groups -OCH3 is 1. The van der Waals surface area contributed by atoms with Crippen molar-refractivity contribution >= 4 is 16.0 Å². The third-order valence-corrected chi connectivity index (χ3v) is 3.82. The van der Waals surface area contributed by atoms with Crippen molar-refractivity contribution in [2.45, 2.75) is 4.90 Å². The number of esters is 1. The lowest BCUT2D eigenvalue weighted by molar-refractivity contribution is 0.0590. The lowest BCUT2D eigenvalue weighted by atomic mass is 10.2. The summed E-state index contributed by atoms with van der Waals surface area (Å²) in [5, 5.41) is 2.76. The van der Waals surface area contributed by atoms with Crippen molar-refractivity contribution < 1.29 is 22.3 Å². The Morgan fingerprint density at radius 1 is 1.37 bits per heavy atom. The summed E-state index contributed by atoms with van der Waals surface area (Å²) >= 11 is 0. The van der Waals surface area contributed by atoms with Gasteiger partial charge in [0.2, 0.25) is 10.0 Å². The van der Waals surface area contributed by atoms with E-state index in [1.54, 1.807) is 7.05 Å². The van der Waals surface area contributed by atoms with Crippen LogP contribution >= 0.6 is 0 Å². The van der Waals surface area contributed by atoms with Gasteiger partial charge in [0.1, 0.15) is 11.4 Å². The molecule has 0 heterocycles. The first-order valence-corrected chi connectivity index (χ1v) is 6.93. The molecule has 106 valence electrons. The van der Waals surface area contributed by atoms with Crippen LogP contribution in [0.4, 0.5) is 4.39 Å². The van der Waals surface area contributed by atoms with E-state index in [0.717, 1.165) is 19.2 Å². The molecule has 0 aromatic heterocycles. The average molecular weight is 290 g/mol. The predicted molar refractivity (Wildman–Crippen MR) is 66.9 cm³/mol. The van der Waals surface area contributed by atoms with Crippen molar-refractivity contribution in [1.82, 2.24) is 10.0 Å². The van der Waals surface area contributed by atoms with Crippen LogP contribution in [0.5, 0.6) is 0 Å². The molecule has 8 heteroatoms. The Kier molecular flexibility index (Phi) is 5.40. The Balaban J connectivity index is 3.19. The molecule has 0 saturated carbocycles. The number of benzene rings is 1. The molecular formula is C11H15FN2O4S. The molecule has 0 bridgehead atoms. The van der Waals surface area contributed by atoms with E-state index in [9.17, 15) is 17.6 Å². The minimum absolute atomic E-state index is 0.121. The van der Waals surface area contributed by atoms with E-state index in [1.165, 1.54) is 6.07 Å². The van der Waals surface area contributed by atoms with Crippen LogP contribution in [0, 0.1) is 5.82 Å². The molecule has 0 fully saturated rings. The molecule has 19 heavy (non-hydrogen) atoms. The molecule has 0 radical (unpaired) electrons. The predicted octanol–water partition coefficient (Wildman–Crippen LogP) is 0.110. The Morgan fingerprint density at radius 3 is 2.63 bits per heavy atom. The molecular weight excluding hydrogens is 275 g/mol. The number of hydrogen-bond donors (Lipinski definition) is 2. The van der Waals surface area contributed by atoms with Crippen molar-refractivity contribution in [2.75, 3.05) is 27.2 Å². The normalized spacial score (nSPS) is 11.3. The fourth-order valence-corrected chi connectivity index (χ4v) is 2.65. The standard InChI is InChI=1S/C11H15FN2O4S/c1-13-6-7-14-19(16,17)9-5-3-4-8(12)10(9)11(15)18-2/h3-5,13-14H,6-7H2,1-2H3. The van der Waals surface area contributed by atoms with Gasteiger partial charge in [0, 0.05) is 13.1 Å². The topological polar surface area (TPSA) is 84.5 Å². The summed E-state index contributed by atoms with van der Waals surface area (Å²) in [5.74, 6) is -1.98. The minimum Gasteiger partial charge on any atom is -0.465 e. The van der Waals surface area contributed by atoms with Gasteiger partial charge in [0.15, 0.2) is 0 Å². The Morgan fingerprint density at radius 2 is 2.05 bits per heavy atom. The fraction of sp³-hybridized carbons (Fsp3) is 0.364. The van der Waals surface area contributed by atoms with Gasteiger partial charge in [-0.1, -0.05) is 6.07 Å². The molecule has 0 aliphatic carbocycles. The maximum Gasteiger partial charge on any atom is 0.342 e. The summed E-state index contributed by atoms with van der Waals surface area (Å²) < 4.78 is 44.2. The third-order valence-electron chi connectivity index (χ3n) is 2.32. The summed E-state index contributed by atoms with van der Waals surface area (Å²) in [6.07, 6.45) is 0. The molecule has 0 unspecified atom stereocenters. The molecule has 0 saturated heterocycles. The van der Waals surface area contributed by atoms with Gasteiger partial charge in [-0.25, -0.2) is 22.3 Å². The first kappa shape index (κ1) is 15.5. The lowest BCUT2D eigenvalue weighted by Gasteiger charge is -2.10. The van der Waals surface area contributed by atoms with Crippen LogP contribution in [0.15, 0.2) is 23.1 Å². The zero-order valence-corrected chi connectivity index (χ0v) is 11.4. The van der Waals surface area contributed by atoms with Gasteiger partial charge in [0.25, 0.3) is 0 Å². The average Bonchev–Trinajstić information content (AvgIpc) is 2.37. The van der Waals surface area contributed by atoms with E-state index in [1.807, 2.05) is 0 Å². The summed E-state index contributed by atoms with van der Waals surface area (Å²) in [5.41, 5.74) is -0.595. The number of hydrogen-bond acceptors (Lipinski definition) is 5. The maximum atomic E-state index is 13.6. The van der Waals surface area contributed by atoms with Gasteiger partial charge in [-0.2, -0.15) is 0 Å². The van der Waals surface area contributed by atoms with Crippen molar-refractivity contribution in [1.29, 1.82) is 0 Å². The summed E-state index contributed by atoms with van der Waals surface area (Å²) in [4.78, 5) is 11.0. The molecule has 0 aliphatic rings. The van der Waals surface area contributed by atoms with Crippen LogP contribution < -0.4 is 10.0 Å². The van der Waals surface area contributed by atoms with Crippen LogP contribution in [0.25, 0.3) is 0 Å². The molecule has 6 nitrogen and oxygen atoms in total. The van der Waals surface area contributed by atoms with E-state index in [-0.39, 0.29) is 6.54 Å². The number of sulfonamides is 1. The highest BCUT2D eigenvalue weighted by atomic mass is 32.2. The van der Waals surface area contributed by atoms with Gasteiger partial charge in [-0.15, -0.1) is 0 Å². The number of ether oxygens (including phenoxy) is 1. The third kappa shape index (κ3) is 3.72. The smallest absolute Gasteiger partial charge is 0.342 e. The number of nitrogens with one attached hydrogen (secondary N) is 2. The van der Waals surface area contributed by atoms with Crippen LogP contribution in [0.3, 0.4) is 0 Å². The van der Waals surface area contributed by atoms with E-state index in [2.05, 4.69) is 14.8 Å².